The lowest BCUT2D eigenvalue weighted by atomic mass is 10.2. The number of halogens is 1. The first-order chi connectivity index (χ1) is 13.9. The van der Waals surface area contributed by atoms with Crippen molar-refractivity contribution < 1.29 is 22.3 Å². The minimum absolute atomic E-state index is 0.0227. The molecule has 0 unspecified atom stereocenters. The second-order valence-corrected chi connectivity index (χ2v) is 8.86. The molecular formula is C20H22FN3O4S. The van der Waals surface area contributed by atoms with Gasteiger partial charge >= 0.3 is 0 Å². The maximum absolute atomic E-state index is 14.5. The zero-order chi connectivity index (χ0) is 20.4. The molecule has 1 aliphatic carbocycles. The van der Waals surface area contributed by atoms with E-state index in [1.807, 2.05) is 4.90 Å². The summed E-state index contributed by atoms with van der Waals surface area (Å²) in [4.78, 5) is 14.5. The first-order valence-electron chi connectivity index (χ1n) is 9.48. The molecule has 7 nitrogen and oxygen atoms in total. The van der Waals surface area contributed by atoms with Crippen LogP contribution < -0.4 is 14.9 Å². The van der Waals surface area contributed by atoms with Crippen LogP contribution in [0.25, 0.3) is 0 Å². The molecule has 1 saturated heterocycles. The van der Waals surface area contributed by atoms with Gasteiger partial charge in [0.2, 0.25) is 10.0 Å². The highest BCUT2D eigenvalue weighted by atomic mass is 32.2. The zero-order valence-electron chi connectivity index (χ0n) is 15.7. The Labute approximate surface area is 168 Å². The van der Waals surface area contributed by atoms with Crippen LogP contribution >= 0.6 is 0 Å². The molecule has 9 heteroatoms. The molecule has 2 aliphatic rings. The summed E-state index contributed by atoms with van der Waals surface area (Å²) in [6.45, 7) is 2.32. The third-order valence-corrected chi connectivity index (χ3v) is 6.38. The van der Waals surface area contributed by atoms with E-state index in [9.17, 15) is 17.6 Å². The third-order valence-electron chi connectivity index (χ3n) is 4.86. The van der Waals surface area contributed by atoms with Crippen LogP contribution in [0.5, 0.6) is 0 Å². The van der Waals surface area contributed by atoms with Crippen molar-refractivity contribution in [3.8, 4) is 0 Å². The van der Waals surface area contributed by atoms with Crippen molar-refractivity contribution in [1.29, 1.82) is 0 Å². The number of rotatable bonds is 6. The van der Waals surface area contributed by atoms with Gasteiger partial charge < -0.3 is 15.0 Å². The van der Waals surface area contributed by atoms with Gasteiger partial charge in [0.25, 0.3) is 5.91 Å². The molecule has 0 radical (unpaired) electrons. The summed E-state index contributed by atoms with van der Waals surface area (Å²) in [6.07, 6.45) is 1.65. The van der Waals surface area contributed by atoms with Crippen molar-refractivity contribution in [1.82, 2.24) is 4.72 Å². The Morgan fingerprint density at radius 3 is 2.55 bits per heavy atom. The van der Waals surface area contributed by atoms with E-state index < -0.39 is 21.7 Å². The van der Waals surface area contributed by atoms with Gasteiger partial charge in [-0.1, -0.05) is 6.07 Å². The van der Waals surface area contributed by atoms with Gasteiger partial charge in [-0.2, -0.15) is 0 Å². The van der Waals surface area contributed by atoms with Crippen LogP contribution in [0.2, 0.25) is 0 Å². The summed E-state index contributed by atoms with van der Waals surface area (Å²) < 4.78 is 47.1. The number of benzene rings is 2. The van der Waals surface area contributed by atoms with Gasteiger partial charge in [0, 0.05) is 30.4 Å². The van der Waals surface area contributed by atoms with Crippen molar-refractivity contribution in [3.05, 3.63) is 53.8 Å². The number of carbonyl (C=O) groups excluding carboxylic acids is 1. The molecule has 0 bridgehead atoms. The number of hydrogen-bond acceptors (Lipinski definition) is 5. The lowest BCUT2D eigenvalue weighted by Crippen LogP contribution is -2.36. The van der Waals surface area contributed by atoms with Gasteiger partial charge in [0.1, 0.15) is 5.82 Å². The molecule has 2 aromatic carbocycles. The lowest BCUT2D eigenvalue weighted by Gasteiger charge is -2.29. The van der Waals surface area contributed by atoms with Gasteiger partial charge in [-0.3, -0.25) is 4.79 Å². The number of anilines is 2. The molecule has 2 fully saturated rings. The monoisotopic (exact) mass is 419 g/mol. The maximum Gasteiger partial charge on any atom is 0.255 e. The molecule has 29 heavy (non-hydrogen) atoms. The predicted molar refractivity (Wildman–Crippen MR) is 107 cm³/mol. The smallest absolute Gasteiger partial charge is 0.255 e. The van der Waals surface area contributed by atoms with E-state index in [4.69, 9.17) is 4.74 Å². The minimum atomic E-state index is -3.66. The fourth-order valence-electron chi connectivity index (χ4n) is 3.14. The molecule has 4 rings (SSSR count). The molecule has 1 heterocycles. The Morgan fingerprint density at radius 1 is 1.10 bits per heavy atom. The fourth-order valence-corrected chi connectivity index (χ4v) is 4.49. The summed E-state index contributed by atoms with van der Waals surface area (Å²) in [7, 11) is -3.66. The van der Waals surface area contributed by atoms with E-state index >= 15 is 0 Å². The Hall–Kier alpha value is -2.49. The van der Waals surface area contributed by atoms with Crippen LogP contribution in [0.15, 0.2) is 47.4 Å². The molecule has 2 N–H and O–H groups in total. The second-order valence-electron chi connectivity index (χ2n) is 7.14. The summed E-state index contributed by atoms with van der Waals surface area (Å²) >= 11 is 0. The fraction of sp³-hybridized carbons (Fsp3) is 0.350. The molecule has 1 amide bonds. The molecule has 0 aromatic heterocycles. The Kier molecular flexibility index (Phi) is 5.53. The standard InChI is InChI=1S/C20H22FN3O4S/c21-18-13-16(6-7-19(18)24-8-10-28-11-9-24)22-20(25)14-2-1-3-17(12-14)29(26,27)23-15-4-5-15/h1-3,6-7,12-13,15,23H,4-5,8-11H2,(H,22,25). The highest BCUT2D eigenvalue weighted by Crippen LogP contribution is 2.25. The van der Waals surface area contributed by atoms with E-state index in [-0.39, 0.29) is 16.5 Å². The van der Waals surface area contributed by atoms with Gasteiger partial charge in [0.15, 0.2) is 0 Å². The third kappa shape index (κ3) is 4.75. The van der Waals surface area contributed by atoms with Gasteiger partial charge in [-0.25, -0.2) is 17.5 Å². The Morgan fingerprint density at radius 2 is 1.86 bits per heavy atom. The van der Waals surface area contributed by atoms with E-state index in [2.05, 4.69) is 10.0 Å². The van der Waals surface area contributed by atoms with E-state index in [1.165, 1.54) is 30.3 Å². The summed E-state index contributed by atoms with van der Waals surface area (Å²) in [6, 6.07) is 10.3. The normalized spacial score (nSPS) is 17.2. The Balaban J connectivity index is 1.48. The van der Waals surface area contributed by atoms with Crippen molar-refractivity contribution in [3.63, 3.8) is 0 Å². The van der Waals surface area contributed by atoms with E-state index in [1.54, 1.807) is 12.1 Å². The van der Waals surface area contributed by atoms with Crippen LogP contribution in [-0.4, -0.2) is 46.7 Å². The number of ether oxygens (including phenoxy) is 1. The summed E-state index contributed by atoms with van der Waals surface area (Å²) in [5, 5.41) is 2.62. The van der Waals surface area contributed by atoms with Crippen LogP contribution in [-0.2, 0) is 14.8 Å². The van der Waals surface area contributed by atoms with Crippen LogP contribution in [0.4, 0.5) is 15.8 Å². The van der Waals surface area contributed by atoms with E-state index in [0.29, 0.717) is 37.7 Å². The van der Waals surface area contributed by atoms with Gasteiger partial charge in [-0.15, -0.1) is 0 Å². The highest BCUT2D eigenvalue weighted by Gasteiger charge is 2.28. The average molecular weight is 419 g/mol. The molecule has 0 spiro atoms. The topological polar surface area (TPSA) is 87.7 Å². The number of sulfonamides is 1. The quantitative estimate of drug-likeness (QED) is 0.751. The lowest BCUT2D eigenvalue weighted by molar-refractivity contribution is 0.102. The number of amides is 1. The molecule has 1 saturated carbocycles. The van der Waals surface area contributed by atoms with Crippen molar-refractivity contribution in [2.24, 2.45) is 0 Å². The summed E-state index contributed by atoms with van der Waals surface area (Å²) in [5.41, 5.74) is 0.945. The number of nitrogens with one attached hydrogen (secondary N) is 2. The zero-order valence-corrected chi connectivity index (χ0v) is 16.5. The van der Waals surface area contributed by atoms with Gasteiger partial charge in [-0.05, 0) is 49.2 Å². The highest BCUT2D eigenvalue weighted by molar-refractivity contribution is 7.89. The van der Waals surface area contributed by atoms with Crippen molar-refractivity contribution in [2.75, 3.05) is 36.5 Å². The Bertz CT molecular complexity index is 1020. The molecular weight excluding hydrogens is 397 g/mol. The SMILES string of the molecule is O=C(Nc1ccc(N2CCOCC2)c(F)c1)c1cccc(S(=O)(=O)NC2CC2)c1. The summed E-state index contributed by atoms with van der Waals surface area (Å²) in [5.74, 6) is -0.943. The number of carbonyl (C=O) groups is 1. The molecule has 0 atom stereocenters. The first kappa shape index (κ1) is 19.8. The second kappa shape index (κ2) is 8.10. The van der Waals surface area contributed by atoms with E-state index in [0.717, 1.165) is 12.8 Å². The minimum Gasteiger partial charge on any atom is -0.378 e. The number of morpholine rings is 1. The van der Waals surface area contributed by atoms with Crippen molar-refractivity contribution in [2.45, 2.75) is 23.8 Å². The molecule has 2 aromatic rings. The predicted octanol–water partition coefficient (Wildman–Crippen LogP) is 2.36. The number of hydrogen-bond donors (Lipinski definition) is 2. The van der Waals surface area contributed by atoms with Crippen LogP contribution in [0.1, 0.15) is 23.2 Å². The first-order valence-corrected chi connectivity index (χ1v) is 11.0. The van der Waals surface area contributed by atoms with Crippen LogP contribution in [0.3, 0.4) is 0 Å². The van der Waals surface area contributed by atoms with Crippen LogP contribution in [0, 0.1) is 5.82 Å². The number of nitrogens with zero attached hydrogens (tertiary/aromatic N) is 1. The largest absolute Gasteiger partial charge is 0.378 e. The molecule has 1 aliphatic heterocycles. The average Bonchev–Trinajstić information content (AvgIpc) is 3.52. The van der Waals surface area contributed by atoms with Crippen molar-refractivity contribution >= 4 is 27.3 Å². The maximum atomic E-state index is 14.5. The van der Waals surface area contributed by atoms with Gasteiger partial charge in [0.05, 0.1) is 23.8 Å². The molecule has 154 valence electrons.